The van der Waals surface area contributed by atoms with Crippen LogP contribution in [0.4, 0.5) is 16.2 Å². The van der Waals surface area contributed by atoms with Gasteiger partial charge in [0.2, 0.25) is 5.91 Å². The molecule has 0 saturated carbocycles. The number of amides is 4. The first-order valence-electron chi connectivity index (χ1n) is 8.28. The van der Waals surface area contributed by atoms with Crippen molar-refractivity contribution >= 4 is 29.2 Å². The van der Waals surface area contributed by atoms with E-state index in [2.05, 4.69) is 21.3 Å². The molecule has 7 nitrogen and oxygen atoms in total. The summed E-state index contributed by atoms with van der Waals surface area (Å²) < 4.78 is 0. The second kappa shape index (κ2) is 9.22. The minimum Gasteiger partial charge on any atom is -0.355 e. The molecular weight excluding hydrogens is 332 g/mol. The average molecular weight is 354 g/mol. The first kappa shape index (κ1) is 19.0. The molecule has 136 valence electrons. The summed E-state index contributed by atoms with van der Waals surface area (Å²) in [5.41, 5.74) is 2.48. The Labute approximate surface area is 152 Å². The van der Waals surface area contributed by atoms with Crippen LogP contribution in [0, 0.1) is 6.92 Å². The molecule has 2 aromatic rings. The molecule has 0 unspecified atom stereocenters. The van der Waals surface area contributed by atoms with E-state index in [1.807, 2.05) is 13.0 Å². The third-order valence-corrected chi connectivity index (χ3v) is 3.56. The molecule has 0 aliphatic rings. The number of rotatable bonds is 6. The van der Waals surface area contributed by atoms with Crippen LogP contribution in [-0.4, -0.2) is 30.9 Å². The van der Waals surface area contributed by atoms with Gasteiger partial charge in [-0.25, -0.2) is 4.79 Å². The van der Waals surface area contributed by atoms with E-state index in [0.717, 1.165) is 5.56 Å². The van der Waals surface area contributed by atoms with E-state index in [4.69, 9.17) is 0 Å². The van der Waals surface area contributed by atoms with Crippen molar-refractivity contribution in [3.8, 4) is 0 Å². The summed E-state index contributed by atoms with van der Waals surface area (Å²) in [7, 11) is 0. The number of hydrogen-bond acceptors (Lipinski definition) is 3. The van der Waals surface area contributed by atoms with Crippen LogP contribution < -0.4 is 21.3 Å². The van der Waals surface area contributed by atoms with Crippen LogP contribution >= 0.6 is 0 Å². The van der Waals surface area contributed by atoms with Crippen molar-refractivity contribution in [3.63, 3.8) is 0 Å². The summed E-state index contributed by atoms with van der Waals surface area (Å²) in [5.74, 6) is -0.496. The molecule has 7 heteroatoms. The van der Waals surface area contributed by atoms with E-state index in [1.165, 1.54) is 0 Å². The van der Waals surface area contributed by atoms with Crippen molar-refractivity contribution in [2.24, 2.45) is 0 Å². The fourth-order valence-corrected chi connectivity index (χ4v) is 2.21. The summed E-state index contributed by atoms with van der Waals surface area (Å²) in [6.07, 6.45) is 0. The predicted octanol–water partition coefficient (Wildman–Crippen LogP) is 2.50. The molecule has 0 spiro atoms. The molecule has 0 fully saturated rings. The van der Waals surface area contributed by atoms with Gasteiger partial charge >= 0.3 is 6.03 Å². The molecule has 0 saturated heterocycles. The predicted molar refractivity (Wildman–Crippen MR) is 101 cm³/mol. The largest absolute Gasteiger partial charge is 0.355 e. The van der Waals surface area contributed by atoms with Crippen molar-refractivity contribution in [1.29, 1.82) is 0 Å². The highest BCUT2D eigenvalue weighted by molar-refractivity contribution is 6.04. The van der Waals surface area contributed by atoms with Crippen molar-refractivity contribution in [1.82, 2.24) is 10.6 Å². The van der Waals surface area contributed by atoms with E-state index in [0.29, 0.717) is 23.5 Å². The highest BCUT2D eigenvalue weighted by atomic mass is 16.2. The van der Waals surface area contributed by atoms with Gasteiger partial charge in [-0.15, -0.1) is 0 Å². The molecular formula is C19H22N4O3. The van der Waals surface area contributed by atoms with Crippen LogP contribution in [0.1, 0.15) is 22.8 Å². The molecule has 2 aromatic carbocycles. The van der Waals surface area contributed by atoms with Crippen LogP contribution in [-0.2, 0) is 4.79 Å². The molecule has 0 heterocycles. The van der Waals surface area contributed by atoms with E-state index < -0.39 is 6.03 Å². The van der Waals surface area contributed by atoms with Gasteiger partial charge in [0.15, 0.2) is 0 Å². The highest BCUT2D eigenvalue weighted by Crippen LogP contribution is 2.20. The van der Waals surface area contributed by atoms with Crippen LogP contribution in [0.25, 0.3) is 0 Å². The minimum absolute atomic E-state index is 0.108. The lowest BCUT2D eigenvalue weighted by Crippen LogP contribution is -2.38. The summed E-state index contributed by atoms with van der Waals surface area (Å²) in [4.78, 5) is 35.5. The van der Waals surface area contributed by atoms with Gasteiger partial charge in [0.05, 0.1) is 6.54 Å². The first-order valence-corrected chi connectivity index (χ1v) is 8.28. The standard InChI is InChI=1S/C19H22N4O3/c1-3-20-17(24)12-21-19(26)23-16-11-15(10-9-13(16)2)22-18(25)14-7-5-4-6-8-14/h4-11H,3,12H2,1-2H3,(H,20,24)(H,22,25)(H2,21,23,26). The topological polar surface area (TPSA) is 99.3 Å². The van der Waals surface area contributed by atoms with Crippen LogP contribution in [0.5, 0.6) is 0 Å². The van der Waals surface area contributed by atoms with Gasteiger partial charge in [-0.1, -0.05) is 24.3 Å². The van der Waals surface area contributed by atoms with Crippen molar-refractivity contribution in [2.75, 3.05) is 23.7 Å². The number of anilines is 2. The molecule has 4 amide bonds. The van der Waals surface area contributed by atoms with Gasteiger partial charge in [0, 0.05) is 23.5 Å². The Morgan fingerprint density at radius 3 is 2.35 bits per heavy atom. The zero-order valence-corrected chi connectivity index (χ0v) is 14.8. The normalized spacial score (nSPS) is 9.92. The fraction of sp³-hybridized carbons (Fsp3) is 0.211. The lowest BCUT2D eigenvalue weighted by atomic mass is 10.1. The third kappa shape index (κ3) is 5.62. The second-order valence-corrected chi connectivity index (χ2v) is 5.61. The number of urea groups is 1. The van der Waals surface area contributed by atoms with Crippen molar-refractivity contribution in [3.05, 3.63) is 59.7 Å². The molecule has 0 radical (unpaired) electrons. The summed E-state index contributed by atoms with van der Waals surface area (Å²) >= 11 is 0. The molecule has 0 atom stereocenters. The third-order valence-electron chi connectivity index (χ3n) is 3.56. The van der Waals surface area contributed by atoms with E-state index in [-0.39, 0.29) is 18.4 Å². The molecule has 0 bridgehead atoms. The number of likely N-dealkylation sites (N-methyl/N-ethyl adjacent to an activating group) is 1. The SMILES string of the molecule is CCNC(=O)CNC(=O)Nc1cc(NC(=O)c2ccccc2)ccc1C. The zero-order valence-electron chi connectivity index (χ0n) is 14.8. The Kier molecular flexibility index (Phi) is 6.73. The van der Waals surface area contributed by atoms with Gasteiger partial charge < -0.3 is 21.3 Å². The van der Waals surface area contributed by atoms with Gasteiger partial charge in [-0.3, -0.25) is 9.59 Å². The maximum atomic E-state index is 12.2. The molecule has 0 aliphatic carbocycles. The molecule has 26 heavy (non-hydrogen) atoms. The Hall–Kier alpha value is -3.35. The zero-order chi connectivity index (χ0) is 18.9. The maximum absolute atomic E-state index is 12.2. The Bertz CT molecular complexity index is 791. The summed E-state index contributed by atoms with van der Waals surface area (Å²) in [6, 6.07) is 13.6. The number of hydrogen-bond donors (Lipinski definition) is 4. The highest BCUT2D eigenvalue weighted by Gasteiger charge is 2.09. The molecule has 0 aromatic heterocycles. The van der Waals surface area contributed by atoms with Crippen molar-refractivity contribution in [2.45, 2.75) is 13.8 Å². The van der Waals surface area contributed by atoms with Gasteiger partial charge in [0.25, 0.3) is 5.91 Å². The number of benzene rings is 2. The number of nitrogens with one attached hydrogen (secondary N) is 4. The van der Waals surface area contributed by atoms with E-state index in [9.17, 15) is 14.4 Å². The van der Waals surface area contributed by atoms with Crippen LogP contribution in [0.3, 0.4) is 0 Å². The number of carbonyl (C=O) groups is 3. The second-order valence-electron chi connectivity index (χ2n) is 5.61. The summed E-state index contributed by atoms with van der Waals surface area (Å²) in [6.45, 7) is 4.03. The minimum atomic E-state index is -0.495. The van der Waals surface area contributed by atoms with Crippen LogP contribution in [0.2, 0.25) is 0 Å². The molecule has 2 rings (SSSR count). The number of carbonyl (C=O) groups excluding carboxylic acids is 3. The van der Waals surface area contributed by atoms with Gasteiger partial charge in [-0.2, -0.15) is 0 Å². The van der Waals surface area contributed by atoms with Crippen molar-refractivity contribution < 1.29 is 14.4 Å². The lowest BCUT2D eigenvalue weighted by molar-refractivity contribution is -0.119. The maximum Gasteiger partial charge on any atom is 0.319 e. The average Bonchev–Trinajstić information content (AvgIpc) is 2.64. The summed E-state index contributed by atoms with van der Waals surface area (Å²) in [5, 5.41) is 10.5. The Morgan fingerprint density at radius 1 is 0.923 bits per heavy atom. The smallest absolute Gasteiger partial charge is 0.319 e. The van der Waals surface area contributed by atoms with Crippen LogP contribution in [0.15, 0.2) is 48.5 Å². The van der Waals surface area contributed by atoms with E-state index in [1.54, 1.807) is 49.4 Å². The Balaban J connectivity index is 1.99. The van der Waals surface area contributed by atoms with Gasteiger partial charge in [0.1, 0.15) is 0 Å². The Morgan fingerprint density at radius 2 is 1.65 bits per heavy atom. The fourth-order valence-electron chi connectivity index (χ4n) is 2.21. The molecule has 4 N–H and O–H groups in total. The monoisotopic (exact) mass is 354 g/mol. The van der Waals surface area contributed by atoms with E-state index >= 15 is 0 Å². The lowest BCUT2D eigenvalue weighted by Gasteiger charge is -2.12. The quantitative estimate of drug-likeness (QED) is 0.641. The number of aryl methyl sites for hydroxylation is 1. The first-order chi connectivity index (χ1) is 12.5. The molecule has 0 aliphatic heterocycles. The van der Waals surface area contributed by atoms with Gasteiger partial charge in [-0.05, 0) is 43.7 Å².